The highest BCUT2D eigenvalue weighted by Crippen LogP contribution is 2.52. The van der Waals surface area contributed by atoms with Crippen molar-refractivity contribution in [3.8, 4) is 0 Å². The summed E-state index contributed by atoms with van der Waals surface area (Å²) in [5.41, 5.74) is 5.71. The fourth-order valence-electron chi connectivity index (χ4n) is 8.78. The summed E-state index contributed by atoms with van der Waals surface area (Å²) < 4.78 is 12.1. The number of carbonyl (C=O) groups excluding carboxylic acids is 2. The predicted octanol–water partition coefficient (Wildman–Crippen LogP) is 6.21. The zero-order chi connectivity index (χ0) is 34.1. The minimum absolute atomic E-state index is 0.0266. The number of nitrogens with zero attached hydrogens (tertiary/aromatic N) is 2. The van der Waals surface area contributed by atoms with Crippen molar-refractivity contribution in [3.05, 3.63) is 107 Å². The molecule has 0 saturated carbocycles. The highest BCUT2D eigenvalue weighted by molar-refractivity contribution is 6.43. The van der Waals surface area contributed by atoms with Crippen LogP contribution in [-0.2, 0) is 27.4 Å². The fourth-order valence-corrected chi connectivity index (χ4v) is 8.78. The van der Waals surface area contributed by atoms with Gasteiger partial charge < -0.3 is 19.2 Å². The Morgan fingerprint density at radius 2 is 1.67 bits per heavy atom. The van der Waals surface area contributed by atoms with Gasteiger partial charge in [-0.25, -0.2) is 0 Å². The summed E-state index contributed by atoms with van der Waals surface area (Å²) >= 11 is 0. The Labute approximate surface area is 289 Å². The van der Waals surface area contributed by atoms with Crippen LogP contribution in [0.4, 0.5) is 0 Å². The molecule has 0 unspecified atom stereocenters. The Bertz CT molecular complexity index is 1690. The minimum atomic E-state index is -1.01. The zero-order valence-corrected chi connectivity index (χ0v) is 28.5. The number of hydrogen-bond acceptors (Lipinski definition) is 7. The van der Waals surface area contributed by atoms with Crippen LogP contribution in [0.1, 0.15) is 68.6 Å². The van der Waals surface area contributed by atoms with E-state index in [4.69, 9.17) is 9.07 Å². The van der Waals surface area contributed by atoms with Crippen LogP contribution >= 0.6 is 0 Å². The maximum atomic E-state index is 14.4. The van der Waals surface area contributed by atoms with E-state index in [2.05, 4.69) is 55.1 Å². The maximum absolute atomic E-state index is 14.4. The first-order valence-corrected chi connectivity index (χ1v) is 18.0. The van der Waals surface area contributed by atoms with Gasteiger partial charge in [-0.3, -0.25) is 19.4 Å². The van der Waals surface area contributed by atoms with E-state index in [0.29, 0.717) is 37.1 Å². The molecule has 3 fully saturated rings. The number of benzene rings is 2. The Morgan fingerprint density at radius 3 is 2.35 bits per heavy atom. The fraction of sp³-hybridized carbons (Fsp3) is 0.450. The summed E-state index contributed by atoms with van der Waals surface area (Å²) in [4.78, 5) is 32.5. The lowest BCUT2D eigenvalue weighted by molar-refractivity contribution is -0.144. The smallest absolute Gasteiger partial charge is 0.455 e. The van der Waals surface area contributed by atoms with E-state index in [0.717, 1.165) is 49.2 Å². The summed E-state index contributed by atoms with van der Waals surface area (Å²) in [6.07, 6.45) is 5.33. The van der Waals surface area contributed by atoms with E-state index in [-0.39, 0.29) is 48.3 Å². The monoisotopic (exact) mass is 662 g/mol. The Kier molecular flexibility index (Phi) is 10.1. The molecule has 3 saturated heterocycles. The van der Waals surface area contributed by atoms with Gasteiger partial charge in [-0.1, -0.05) is 80.1 Å². The first-order chi connectivity index (χ1) is 23.8. The molecule has 4 atom stereocenters. The third-order valence-corrected chi connectivity index (χ3v) is 11.1. The van der Waals surface area contributed by atoms with Gasteiger partial charge in [0.2, 0.25) is 11.8 Å². The molecule has 0 spiro atoms. The average molecular weight is 663 g/mol. The predicted molar refractivity (Wildman–Crippen MR) is 189 cm³/mol. The minimum Gasteiger partial charge on any atom is -0.459 e. The normalized spacial score (nSPS) is 25.4. The maximum Gasteiger partial charge on any atom is 0.455 e. The highest BCUT2D eigenvalue weighted by atomic mass is 16.5. The van der Waals surface area contributed by atoms with Crippen molar-refractivity contribution in [2.75, 3.05) is 13.1 Å². The summed E-state index contributed by atoms with van der Waals surface area (Å²) in [6.45, 7) is 6.73. The first kappa shape index (κ1) is 33.7. The summed E-state index contributed by atoms with van der Waals surface area (Å²) in [5.74, 6) is 0.190. The Hall–Kier alpha value is -3.76. The van der Waals surface area contributed by atoms with Gasteiger partial charge in [0, 0.05) is 25.7 Å². The number of likely N-dealkylation sites (tertiary alicyclic amines) is 2. The number of furan rings is 1. The van der Waals surface area contributed by atoms with E-state index in [1.807, 2.05) is 36.4 Å². The summed E-state index contributed by atoms with van der Waals surface area (Å²) in [5, 5.41) is 20.6. The number of aliphatic hydroxyl groups is 1. The van der Waals surface area contributed by atoms with Crippen LogP contribution in [0, 0.1) is 23.7 Å². The molecule has 1 aliphatic carbocycles. The largest absolute Gasteiger partial charge is 0.459 e. The Balaban J connectivity index is 1.11. The second-order valence-electron chi connectivity index (χ2n) is 14.5. The molecule has 4 heterocycles. The molecular formula is C40H47BN2O6. The average Bonchev–Trinajstić information content (AvgIpc) is 3.68. The SMILES string of the molecule is CC(C)C1=C2[C@@H](CC/C(=C/c3ccc(CO)o3)c3ccccc3)OB(O)C[C@@H]2[C@@H]2C(=O)N(C3CCN(Cc4ccccc4)CC3)C(=O)[C@@H]2C1. The van der Waals surface area contributed by atoms with Crippen LogP contribution in [0.25, 0.3) is 11.6 Å². The first-order valence-electron chi connectivity index (χ1n) is 18.0. The topological polar surface area (TPSA) is 103 Å². The Morgan fingerprint density at radius 1 is 0.959 bits per heavy atom. The van der Waals surface area contributed by atoms with Gasteiger partial charge in [0.05, 0.1) is 17.9 Å². The van der Waals surface area contributed by atoms with Crippen LogP contribution in [-0.4, -0.2) is 64.1 Å². The number of imide groups is 1. The molecule has 0 bridgehead atoms. The van der Waals surface area contributed by atoms with Crippen molar-refractivity contribution in [1.82, 2.24) is 9.80 Å². The highest BCUT2D eigenvalue weighted by Gasteiger charge is 2.58. The molecular weight excluding hydrogens is 615 g/mol. The van der Waals surface area contributed by atoms with Gasteiger partial charge in [-0.2, -0.15) is 0 Å². The van der Waals surface area contributed by atoms with Crippen molar-refractivity contribution in [2.45, 2.75) is 77.6 Å². The van der Waals surface area contributed by atoms with Crippen molar-refractivity contribution in [3.63, 3.8) is 0 Å². The molecule has 2 amide bonds. The second-order valence-corrected chi connectivity index (χ2v) is 14.5. The lowest BCUT2D eigenvalue weighted by Gasteiger charge is -2.44. The van der Waals surface area contributed by atoms with Gasteiger partial charge in [0.25, 0.3) is 0 Å². The van der Waals surface area contributed by atoms with Gasteiger partial charge in [0.15, 0.2) is 0 Å². The molecule has 7 rings (SSSR count). The lowest BCUT2D eigenvalue weighted by Crippen LogP contribution is -2.48. The van der Waals surface area contributed by atoms with Crippen molar-refractivity contribution in [2.24, 2.45) is 23.7 Å². The van der Waals surface area contributed by atoms with Gasteiger partial charge >= 0.3 is 7.12 Å². The number of allylic oxidation sites excluding steroid dienone is 2. The van der Waals surface area contributed by atoms with Crippen LogP contribution in [0.15, 0.2) is 88.4 Å². The molecule has 2 N–H and O–H groups in total. The van der Waals surface area contributed by atoms with Crippen LogP contribution in [0.2, 0.25) is 6.32 Å². The number of aliphatic hydroxyl groups excluding tert-OH is 1. The zero-order valence-electron chi connectivity index (χ0n) is 28.5. The second kappa shape index (κ2) is 14.6. The van der Waals surface area contributed by atoms with E-state index in [1.54, 1.807) is 11.0 Å². The molecule has 3 aromatic rings. The molecule has 8 nitrogen and oxygen atoms in total. The molecule has 9 heteroatoms. The summed E-state index contributed by atoms with van der Waals surface area (Å²) in [7, 11) is -1.01. The third kappa shape index (κ3) is 7.00. The van der Waals surface area contributed by atoms with Crippen LogP contribution in [0.5, 0.6) is 0 Å². The van der Waals surface area contributed by atoms with E-state index >= 15 is 0 Å². The van der Waals surface area contributed by atoms with Crippen LogP contribution in [0.3, 0.4) is 0 Å². The van der Waals surface area contributed by atoms with Gasteiger partial charge in [0.1, 0.15) is 18.1 Å². The van der Waals surface area contributed by atoms with E-state index in [1.165, 1.54) is 11.1 Å². The number of carbonyl (C=O) groups is 2. The van der Waals surface area contributed by atoms with Crippen molar-refractivity contribution < 1.29 is 28.8 Å². The lowest BCUT2D eigenvalue weighted by atomic mass is 9.57. The van der Waals surface area contributed by atoms with Gasteiger partial charge in [-0.15, -0.1) is 0 Å². The van der Waals surface area contributed by atoms with Crippen molar-refractivity contribution >= 4 is 30.6 Å². The molecule has 256 valence electrons. The van der Waals surface area contributed by atoms with E-state index < -0.39 is 13.0 Å². The quantitative estimate of drug-likeness (QED) is 0.151. The molecule has 4 aliphatic rings. The van der Waals surface area contributed by atoms with E-state index in [9.17, 15) is 19.7 Å². The molecule has 2 aromatic carbocycles. The van der Waals surface area contributed by atoms with Gasteiger partial charge in [-0.05, 0) is 90.7 Å². The van der Waals surface area contributed by atoms with Crippen LogP contribution < -0.4 is 0 Å². The third-order valence-electron chi connectivity index (χ3n) is 11.1. The molecule has 1 aromatic heterocycles. The standard InChI is InChI=1S/C40H47BN2O6/c1-26(2)33-22-34-38(40(46)43(39(34)45)30-17-19-42(20-18-30)24-27-9-5-3-6-10-27)35-23-41(47)49-36(37(33)35)16-13-29(28-11-7-4-8-12-28)21-31-14-15-32(25-44)48-31/h3-12,14-15,21,26,30,34-36,38,44,47H,13,16-20,22-25H2,1-2H3/b29-21-/t34-,35+,36-,38-/m1/s1. The number of fused-ring (bicyclic) bond motifs is 3. The molecule has 3 aliphatic heterocycles. The summed E-state index contributed by atoms with van der Waals surface area (Å²) in [6, 6.07) is 24.1. The molecule has 0 radical (unpaired) electrons. The number of hydrogen-bond donors (Lipinski definition) is 2. The number of amides is 2. The van der Waals surface area contributed by atoms with Crippen molar-refractivity contribution in [1.29, 1.82) is 0 Å². The molecule has 49 heavy (non-hydrogen) atoms. The number of piperidine rings is 1. The number of rotatable bonds is 10.